The van der Waals surface area contributed by atoms with Crippen molar-refractivity contribution in [2.75, 3.05) is 42.5 Å². The summed E-state index contributed by atoms with van der Waals surface area (Å²) in [7, 11) is 0. The molecule has 0 atom stereocenters. The molecule has 1 aliphatic heterocycles. The van der Waals surface area contributed by atoms with E-state index in [1.165, 1.54) is 6.92 Å². The van der Waals surface area contributed by atoms with Gasteiger partial charge in [-0.1, -0.05) is 6.07 Å². The highest BCUT2D eigenvalue weighted by atomic mass is 16.2. The summed E-state index contributed by atoms with van der Waals surface area (Å²) in [6.45, 7) is 8.12. The van der Waals surface area contributed by atoms with Gasteiger partial charge in [-0.3, -0.25) is 9.59 Å². The zero-order chi connectivity index (χ0) is 19.4. The summed E-state index contributed by atoms with van der Waals surface area (Å²) in [6.07, 6.45) is 3.43. The molecule has 0 bridgehead atoms. The van der Waals surface area contributed by atoms with E-state index in [9.17, 15) is 9.59 Å². The molecule has 1 fully saturated rings. The summed E-state index contributed by atoms with van der Waals surface area (Å²) in [5.41, 5.74) is 3.02. The van der Waals surface area contributed by atoms with Crippen molar-refractivity contribution in [2.45, 2.75) is 20.8 Å². The van der Waals surface area contributed by atoms with Gasteiger partial charge in [-0.15, -0.1) is 0 Å². The summed E-state index contributed by atoms with van der Waals surface area (Å²) < 4.78 is 0. The van der Waals surface area contributed by atoms with Crippen LogP contribution in [0.1, 0.15) is 18.1 Å². The fourth-order valence-electron chi connectivity index (χ4n) is 3.12. The number of piperazine rings is 1. The van der Waals surface area contributed by atoms with Gasteiger partial charge in [-0.2, -0.15) is 0 Å². The third-order valence-electron chi connectivity index (χ3n) is 4.94. The van der Waals surface area contributed by atoms with Gasteiger partial charge in [-0.25, -0.2) is 9.97 Å². The first-order valence-corrected chi connectivity index (χ1v) is 9.11. The molecule has 0 saturated carbocycles. The summed E-state index contributed by atoms with van der Waals surface area (Å²) in [4.78, 5) is 38.8. The minimum atomic E-state index is -0.136. The lowest BCUT2D eigenvalue weighted by atomic mass is 10.1. The molecule has 1 aromatic carbocycles. The molecule has 7 nitrogen and oxygen atoms in total. The molecule has 1 aliphatic rings. The number of hydrogen-bond donors (Lipinski definition) is 0. The van der Waals surface area contributed by atoms with Crippen molar-refractivity contribution in [1.82, 2.24) is 14.9 Å². The molecular formula is C20H25N5O2. The van der Waals surface area contributed by atoms with Crippen LogP contribution >= 0.6 is 0 Å². The van der Waals surface area contributed by atoms with Crippen LogP contribution in [0.15, 0.2) is 36.7 Å². The predicted octanol–water partition coefficient (Wildman–Crippen LogP) is 1.80. The highest BCUT2D eigenvalue weighted by Crippen LogP contribution is 2.19. The van der Waals surface area contributed by atoms with Gasteiger partial charge in [0.2, 0.25) is 17.8 Å². The Balaban J connectivity index is 1.63. The maximum atomic E-state index is 12.8. The molecule has 2 amide bonds. The van der Waals surface area contributed by atoms with E-state index in [1.807, 2.05) is 32.0 Å². The Morgan fingerprint density at radius 1 is 1.04 bits per heavy atom. The van der Waals surface area contributed by atoms with Gasteiger partial charge < -0.3 is 14.7 Å². The van der Waals surface area contributed by atoms with Crippen molar-refractivity contribution in [2.24, 2.45) is 0 Å². The first-order valence-electron chi connectivity index (χ1n) is 9.11. The average molecular weight is 367 g/mol. The number of aryl methyl sites for hydroxylation is 2. The average Bonchev–Trinajstić information content (AvgIpc) is 2.69. The van der Waals surface area contributed by atoms with Crippen LogP contribution in [0.5, 0.6) is 0 Å². The molecule has 142 valence electrons. The van der Waals surface area contributed by atoms with Gasteiger partial charge in [0.25, 0.3) is 0 Å². The van der Waals surface area contributed by atoms with Gasteiger partial charge >= 0.3 is 0 Å². The molecule has 2 heterocycles. The Kier molecular flexibility index (Phi) is 5.69. The molecule has 2 aromatic rings. The van der Waals surface area contributed by atoms with E-state index in [2.05, 4.69) is 14.9 Å². The number of carbonyl (C=O) groups is 2. The van der Waals surface area contributed by atoms with Crippen LogP contribution in [-0.2, 0) is 9.59 Å². The monoisotopic (exact) mass is 367 g/mol. The summed E-state index contributed by atoms with van der Waals surface area (Å²) in [5, 5.41) is 0. The molecule has 3 rings (SSSR count). The molecule has 7 heteroatoms. The smallest absolute Gasteiger partial charge is 0.242 e. The van der Waals surface area contributed by atoms with E-state index < -0.39 is 0 Å². The second-order valence-electron chi connectivity index (χ2n) is 6.79. The Labute approximate surface area is 159 Å². The predicted molar refractivity (Wildman–Crippen MR) is 105 cm³/mol. The standard InChI is InChI=1S/C20H25N5O2/c1-15-5-6-18(13-16(15)2)25(17(3)26)14-19(27)23-9-11-24(12-10-23)20-21-7-4-8-22-20/h4-8,13H,9-12,14H2,1-3H3. The van der Waals surface area contributed by atoms with Crippen LogP contribution in [-0.4, -0.2) is 59.4 Å². The lowest BCUT2D eigenvalue weighted by Gasteiger charge is -2.35. The molecule has 0 aliphatic carbocycles. The molecule has 0 N–H and O–H groups in total. The van der Waals surface area contributed by atoms with Crippen LogP contribution in [0, 0.1) is 13.8 Å². The van der Waals surface area contributed by atoms with Crippen molar-refractivity contribution in [3.05, 3.63) is 47.8 Å². The minimum Gasteiger partial charge on any atom is -0.338 e. The summed E-state index contributed by atoms with van der Waals surface area (Å²) in [5.74, 6) is 0.505. The molecule has 0 radical (unpaired) electrons. The maximum Gasteiger partial charge on any atom is 0.242 e. The summed E-state index contributed by atoms with van der Waals surface area (Å²) >= 11 is 0. The van der Waals surface area contributed by atoms with Crippen molar-refractivity contribution < 1.29 is 9.59 Å². The number of hydrogen-bond acceptors (Lipinski definition) is 5. The van der Waals surface area contributed by atoms with Crippen molar-refractivity contribution in [3.63, 3.8) is 0 Å². The fraction of sp³-hybridized carbons (Fsp3) is 0.400. The first-order chi connectivity index (χ1) is 13.0. The van der Waals surface area contributed by atoms with Crippen LogP contribution < -0.4 is 9.80 Å². The highest BCUT2D eigenvalue weighted by molar-refractivity contribution is 5.97. The van der Waals surface area contributed by atoms with E-state index in [0.717, 1.165) is 16.8 Å². The van der Waals surface area contributed by atoms with E-state index >= 15 is 0 Å². The topological polar surface area (TPSA) is 69.6 Å². The quantitative estimate of drug-likeness (QED) is 0.824. The normalized spacial score (nSPS) is 14.2. The van der Waals surface area contributed by atoms with Gasteiger partial charge in [0.1, 0.15) is 6.54 Å². The number of benzene rings is 1. The molecule has 0 unspecified atom stereocenters. The van der Waals surface area contributed by atoms with E-state index in [4.69, 9.17) is 0 Å². The van der Waals surface area contributed by atoms with Crippen LogP contribution in [0.25, 0.3) is 0 Å². The van der Waals surface area contributed by atoms with E-state index in [-0.39, 0.29) is 18.4 Å². The fourth-order valence-corrected chi connectivity index (χ4v) is 3.12. The Morgan fingerprint density at radius 3 is 2.30 bits per heavy atom. The number of nitrogens with zero attached hydrogens (tertiary/aromatic N) is 5. The molecular weight excluding hydrogens is 342 g/mol. The lowest BCUT2D eigenvalue weighted by molar-refractivity contribution is -0.131. The third-order valence-corrected chi connectivity index (χ3v) is 4.94. The van der Waals surface area contributed by atoms with Crippen molar-refractivity contribution in [1.29, 1.82) is 0 Å². The second kappa shape index (κ2) is 8.16. The van der Waals surface area contributed by atoms with Crippen LogP contribution in [0.3, 0.4) is 0 Å². The number of carbonyl (C=O) groups excluding carboxylic acids is 2. The highest BCUT2D eigenvalue weighted by Gasteiger charge is 2.25. The second-order valence-corrected chi connectivity index (χ2v) is 6.79. The molecule has 1 saturated heterocycles. The molecule has 27 heavy (non-hydrogen) atoms. The largest absolute Gasteiger partial charge is 0.338 e. The molecule has 1 aromatic heterocycles. The van der Waals surface area contributed by atoms with Gasteiger partial charge in [0, 0.05) is 51.2 Å². The van der Waals surface area contributed by atoms with Gasteiger partial charge in [-0.05, 0) is 43.2 Å². The Bertz CT molecular complexity index is 816. The number of rotatable bonds is 4. The number of anilines is 2. The van der Waals surface area contributed by atoms with Crippen LogP contribution in [0.2, 0.25) is 0 Å². The zero-order valence-corrected chi connectivity index (χ0v) is 16.1. The zero-order valence-electron chi connectivity index (χ0n) is 16.1. The van der Waals surface area contributed by atoms with Gasteiger partial charge in [0.15, 0.2) is 0 Å². The SMILES string of the molecule is CC(=O)N(CC(=O)N1CCN(c2ncccn2)CC1)c1ccc(C)c(C)c1. The van der Waals surface area contributed by atoms with E-state index in [0.29, 0.717) is 32.1 Å². The first kappa shape index (κ1) is 18.8. The summed E-state index contributed by atoms with van der Waals surface area (Å²) in [6, 6.07) is 7.60. The van der Waals surface area contributed by atoms with Crippen molar-refractivity contribution >= 4 is 23.5 Å². The number of aromatic nitrogens is 2. The van der Waals surface area contributed by atoms with Crippen molar-refractivity contribution in [3.8, 4) is 0 Å². The number of amides is 2. The molecule has 0 spiro atoms. The maximum absolute atomic E-state index is 12.8. The Hall–Kier alpha value is -2.96. The van der Waals surface area contributed by atoms with E-state index in [1.54, 1.807) is 28.3 Å². The van der Waals surface area contributed by atoms with Crippen LogP contribution in [0.4, 0.5) is 11.6 Å². The lowest BCUT2D eigenvalue weighted by Crippen LogP contribution is -2.52. The third kappa shape index (κ3) is 4.42. The minimum absolute atomic E-state index is 0.0444. The van der Waals surface area contributed by atoms with Gasteiger partial charge in [0.05, 0.1) is 0 Å². The Morgan fingerprint density at radius 2 is 1.70 bits per heavy atom.